The Kier molecular flexibility index (Phi) is 4.97. The summed E-state index contributed by atoms with van der Waals surface area (Å²) in [5.74, 6) is 0. The zero-order chi connectivity index (χ0) is 22.2. The van der Waals surface area contributed by atoms with Crippen LogP contribution < -0.4 is 5.46 Å². The van der Waals surface area contributed by atoms with Crippen molar-refractivity contribution in [3.63, 3.8) is 0 Å². The second-order valence-corrected chi connectivity index (χ2v) is 9.17. The van der Waals surface area contributed by atoms with Crippen LogP contribution in [0.1, 0.15) is 0 Å². The zero-order valence-corrected chi connectivity index (χ0v) is 18.7. The monoisotopic (exact) mass is 438 g/mol. The molecule has 0 spiro atoms. The molecular formula is C30H19BOS. The Morgan fingerprint density at radius 2 is 1.03 bits per heavy atom. The molecule has 3 heteroatoms. The number of hydrogen-bond acceptors (Lipinski definition) is 2. The van der Waals surface area contributed by atoms with Gasteiger partial charge in [-0.05, 0) is 5.56 Å². The van der Waals surface area contributed by atoms with Crippen molar-refractivity contribution in [3.05, 3.63) is 115 Å². The van der Waals surface area contributed by atoms with E-state index in [1.807, 2.05) is 35.6 Å². The first kappa shape index (κ1) is 19.8. The summed E-state index contributed by atoms with van der Waals surface area (Å²) in [6, 6.07) is 40.2. The van der Waals surface area contributed by atoms with E-state index in [4.69, 9.17) is 0 Å². The summed E-state index contributed by atoms with van der Waals surface area (Å²) in [6.45, 7) is 0. The summed E-state index contributed by atoms with van der Waals surface area (Å²) in [4.78, 5) is 0. The fraction of sp³-hybridized carbons (Fsp3) is 0. The molecule has 6 rings (SSSR count). The maximum absolute atomic E-state index is 11.3. The molecule has 0 amide bonds. The number of benzene rings is 5. The summed E-state index contributed by atoms with van der Waals surface area (Å²) in [5.41, 5.74) is 7.86. The quantitative estimate of drug-likeness (QED) is 0.258. The van der Waals surface area contributed by atoms with E-state index in [9.17, 15) is 4.70 Å². The van der Waals surface area contributed by atoms with Gasteiger partial charge in [0.25, 0.3) is 0 Å². The van der Waals surface area contributed by atoms with Gasteiger partial charge in [0.05, 0.1) is 0 Å². The van der Waals surface area contributed by atoms with Crippen LogP contribution in [-0.4, -0.2) is 7.15 Å². The molecule has 0 unspecified atom stereocenters. The van der Waals surface area contributed by atoms with Gasteiger partial charge in [0, 0.05) is 0 Å². The molecule has 6 aromatic rings. The molecule has 0 bridgehead atoms. The van der Waals surface area contributed by atoms with Gasteiger partial charge in [0.2, 0.25) is 0 Å². The SMILES string of the molecule is O=Bc1cccc(-c2cccc3c2sc2c(-c4ccc(-c5ccccc5)cc4)cccc23)c1. The van der Waals surface area contributed by atoms with Crippen LogP contribution >= 0.6 is 11.3 Å². The average Bonchev–Trinajstić information content (AvgIpc) is 3.28. The van der Waals surface area contributed by atoms with Crippen molar-refractivity contribution < 1.29 is 4.70 Å². The first-order valence-corrected chi connectivity index (χ1v) is 11.8. The van der Waals surface area contributed by atoms with Crippen molar-refractivity contribution >= 4 is 44.1 Å². The van der Waals surface area contributed by atoms with Crippen LogP contribution in [0.5, 0.6) is 0 Å². The van der Waals surface area contributed by atoms with Crippen LogP contribution in [0.15, 0.2) is 115 Å². The van der Waals surface area contributed by atoms with Crippen molar-refractivity contribution in [2.45, 2.75) is 0 Å². The molecule has 0 saturated heterocycles. The normalized spacial score (nSPS) is 11.0. The molecule has 0 saturated carbocycles. The molecule has 0 radical (unpaired) electrons. The maximum atomic E-state index is 11.3. The van der Waals surface area contributed by atoms with Crippen molar-refractivity contribution in [2.24, 2.45) is 0 Å². The van der Waals surface area contributed by atoms with Gasteiger partial charge in [-0.2, -0.15) is 0 Å². The number of thiophene rings is 1. The third kappa shape index (κ3) is 3.51. The summed E-state index contributed by atoms with van der Waals surface area (Å²) in [6.07, 6.45) is 0. The van der Waals surface area contributed by atoms with Gasteiger partial charge in [-0.15, -0.1) is 0 Å². The molecule has 0 fully saturated rings. The van der Waals surface area contributed by atoms with E-state index in [0.29, 0.717) is 5.46 Å². The summed E-state index contributed by atoms with van der Waals surface area (Å²) < 4.78 is 13.9. The van der Waals surface area contributed by atoms with Gasteiger partial charge in [0.15, 0.2) is 0 Å². The predicted octanol–water partition coefficient (Wildman–Crippen LogP) is 7.73. The number of fused-ring (bicyclic) bond motifs is 3. The molecule has 33 heavy (non-hydrogen) atoms. The van der Waals surface area contributed by atoms with Crippen LogP contribution in [0.25, 0.3) is 53.6 Å². The Bertz CT molecular complexity index is 1620. The average molecular weight is 438 g/mol. The Morgan fingerprint density at radius 1 is 0.485 bits per heavy atom. The summed E-state index contributed by atoms with van der Waals surface area (Å²) in [5, 5.41) is 2.53. The van der Waals surface area contributed by atoms with Crippen LogP contribution in [0, 0.1) is 0 Å². The van der Waals surface area contributed by atoms with E-state index < -0.39 is 0 Å². The molecule has 0 aliphatic carbocycles. The zero-order valence-electron chi connectivity index (χ0n) is 17.9. The van der Waals surface area contributed by atoms with Gasteiger partial charge in [0.1, 0.15) is 0 Å². The Labute approximate surface area is 197 Å². The molecule has 1 nitrogen and oxygen atoms in total. The van der Waals surface area contributed by atoms with Crippen LogP contribution in [0.3, 0.4) is 0 Å². The van der Waals surface area contributed by atoms with Crippen molar-refractivity contribution in [2.75, 3.05) is 0 Å². The molecule has 154 valence electrons. The summed E-state index contributed by atoms with van der Waals surface area (Å²) >= 11 is 1.83. The van der Waals surface area contributed by atoms with Crippen molar-refractivity contribution in [1.29, 1.82) is 0 Å². The molecule has 0 aliphatic heterocycles. The standard InChI is InChI=1S/C30H19BOS/c32-31-24-10-4-9-23(19-24)26-12-6-14-28-27-13-5-11-25(29(27)33-30(26)28)22-17-15-21(16-18-22)20-7-2-1-3-8-20/h1-19H. The molecule has 0 aliphatic rings. The molecule has 1 aromatic heterocycles. The Morgan fingerprint density at radius 3 is 1.70 bits per heavy atom. The van der Waals surface area contributed by atoms with Crippen LogP contribution in [0.2, 0.25) is 0 Å². The molecular weight excluding hydrogens is 419 g/mol. The van der Waals surface area contributed by atoms with Gasteiger partial charge < -0.3 is 0 Å². The number of rotatable bonds is 4. The minimum atomic E-state index is 0.699. The van der Waals surface area contributed by atoms with E-state index in [1.54, 1.807) is 0 Å². The van der Waals surface area contributed by atoms with Gasteiger partial charge >= 0.3 is 162 Å². The Balaban J connectivity index is 1.51. The third-order valence-electron chi connectivity index (χ3n) is 6.16. The topological polar surface area (TPSA) is 17.1 Å². The Hall–Kier alpha value is -3.82. The molecule has 0 N–H and O–H groups in total. The van der Waals surface area contributed by atoms with Gasteiger partial charge in [-0.25, -0.2) is 0 Å². The van der Waals surface area contributed by atoms with Crippen molar-refractivity contribution in [1.82, 2.24) is 0 Å². The van der Waals surface area contributed by atoms with Crippen LogP contribution in [0.4, 0.5) is 0 Å². The molecule has 5 aromatic carbocycles. The summed E-state index contributed by atoms with van der Waals surface area (Å²) in [7, 11) is 0.909. The second kappa shape index (κ2) is 8.27. The van der Waals surface area contributed by atoms with Crippen LogP contribution in [-0.2, 0) is 4.70 Å². The number of hydrogen-bond donors (Lipinski definition) is 0. The van der Waals surface area contributed by atoms with Gasteiger partial charge in [-0.1, -0.05) is 30.3 Å². The van der Waals surface area contributed by atoms with E-state index in [2.05, 4.69) is 91.0 Å². The van der Waals surface area contributed by atoms with E-state index in [0.717, 1.165) is 12.7 Å². The van der Waals surface area contributed by atoms with Crippen molar-refractivity contribution in [3.8, 4) is 33.4 Å². The first-order valence-electron chi connectivity index (χ1n) is 11.0. The molecule has 0 atom stereocenters. The fourth-order valence-corrected chi connectivity index (χ4v) is 5.90. The fourth-order valence-electron chi connectivity index (χ4n) is 4.53. The third-order valence-corrected chi connectivity index (χ3v) is 7.45. The van der Waals surface area contributed by atoms with E-state index in [1.165, 1.54) is 48.0 Å². The first-order chi connectivity index (χ1) is 16.3. The minimum absolute atomic E-state index is 0.699. The molecule has 1 heterocycles. The van der Waals surface area contributed by atoms with E-state index >= 15 is 0 Å². The predicted molar refractivity (Wildman–Crippen MR) is 142 cm³/mol. The van der Waals surface area contributed by atoms with E-state index in [-0.39, 0.29) is 0 Å². The second-order valence-electron chi connectivity index (χ2n) is 8.15. The van der Waals surface area contributed by atoms with Gasteiger partial charge in [-0.3, -0.25) is 0 Å².